The van der Waals surface area contributed by atoms with Gasteiger partial charge in [-0.15, -0.1) is 0 Å². The predicted octanol–water partition coefficient (Wildman–Crippen LogP) is 3.25. The van der Waals surface area contributed by atoms with Crippen LogP contribution >= 0.6 is 0 Å². The van der Waals surface area contributed by atoms with Crippen molar-refractivity contribution in [3.63, 3.8) is 0 Å². The van der Waals surface area contributed by atoms with E-state index in [4.69, 9.17) is 26.6 Å². The van der Waals surface area contributed by atoms with Gasteiger partial charge in [-0.1, -0.05) is 25.7 Å². The highest BCUT2D eigenvalue weighted by Crippen LogP contribution is 2.29. The van der Waals surface area contributed by atoms with Crippen LogP contribution in [0.15, 0.2) is 0 Å². The Morgan fingerprint density at radius 3 is 1.79 bits per heavy atom. The Balaban J connectivity index is 4.56. The molecule has 0 saturated heterocycles. The Labute approximate surface area is 215 Å². The number of hydrogen-bond donors (Lipinski definition) is 1. The molecule has 11 heteroatoms. The van der Waals surface area contributed by atoms with Crippen LogP contribution in [0.4, 0.5) is 0 Å². The summed E-state index contributed by atoms with van der Waals surface area (Å²) >= 11 is 0. The maximum Gasteiger partial charge on any atom is 0.500 e. The number of nitrogens with one attached hydrogen (secondary N) is 1. The largest absolute Gasteiger partial charge is 0.500 e. The van der Waals surface area contributed by atoms with Crippen LogP contribution in [0, 0.1) is 0 Å². The van der Waals surface area contributed by atoms with Gasteiger partial charge in [0.05, 0.1) is 0 Å². The van der Waals surface area contributed by atoms with Crippen LogP contribution in [-0.2, 0) is 26.6 Å². The van der Waals surface area contributed by atoms with Crippen LogP contribution in [0.3, 0.4) is 0 Å². The number of nitrogens with zero attached hydrogens (tertiary/aromatic N) is 1. The lowest BCUT2D eigenvalue weighted by Gasteiger charge is -2.32. The van der Waals surface area contributed by atoms with E-state index in [-0.39, 0.29) is 0 Å². The van der Waals surface area contributed by atoms with E-state index in [1.807, 2.05) is 20.8 Å². The van der Waals surface area contributed by atoms with E-state index in [9.17, 15) is 0 Å². The van der Waals surface area contributed by atoms with Gasteiger partial charge in [0.25, 0.3) is 0 Å². The molecular weight excluding hydrogens is 485 g/mol. The minimum absolute atomic E-state index is 0.436. The molecule has 0 bridgehead atoms. The van der Waals surface area contributed by atoms with Crippen molar-refractivity contribution in [3.8, 4) is 0 Å². The van der Waals surface area contributed by atoms with Crippen LogP contribution in [0.25, 0.3) is 0 Å². The van der Waals surface area contributed by atoms with Crippen LogP contribution in [0.2, 0.25) is 11.2 Å². The number of unbranched alkanes of at least 4 members (excludes halogenated alkanes) is 4. The van der Waals surface area contributed by atoms with E-state index < -0.39 is 27.1 Å². The van der Waals surface area contributed by atoms with Gasteiger partial charge in [0.2, 0.25) is 0 Å². The van der Waals surface area contributed by atoms with Gasteiger partial charge in [0.1, 0.15) is 0 Å². The predicted molar refractivity (Wildman–Crippen MR) is 148 cm³/mol. The fraction of sp³-hybridized carbons (Fsp3) is 1.00. The molecule has 0 radical (unpaired) electrons. The lowest BCUT2D eigenvalue weighted by molar-refractivity contribution is 0.0708. The van der Waals surface area contributed by atoms with Crippen molar-refractivity contribution in [3.05, 3.63) is 0 Å². The van der Waals surface area contributed by atoms with Crippen LogP contribution in [0.1, 0.15) is 65.7 Å². The summed E-state index contributed by atoms with van der Waals surface area (Å²) in [6.07, 6.45) is 9.54. The maximum absolute atomic E-state index is 5.96. The van der Waals surface area contributed by atoms with Crippen molar-refractivity contribution in [1.29, 1.82) is 0 Å². The number of hydrogen-bond acceptors (Lipinski definition) is 8. The first-order valence-corrected chi connectivity index (χ1v) is 18.9. The molecule has 0 aromatic carbocycles. The molecule has 0 aliphatic rings. The first kappa shape index (κ1) is 34.3. The second-order valence-electron chi connectivity index (χ2n) is 8.90. The molecule has 0 aliphatic carbocycles. The summed E-state index contributed by atoms with van der Waals surface area (Å²) in [5.74, 6) is 0. The van der Waals surface area contributed by atoms with Gasteiger partial charge in [-0.3, -0.25) is 0 Å². The van der Waals surface area contributed by atoms with Gasteiger partial charge in [-0.25, -0.2) is 0 Å². The van der Waals surface area contributed by atoms with Gasteiger partial charge >= 0.3 is 17.6 Å². The molecule has 0 aliphatic heterocycles. The third-order valence-electron chi connectivity index (χ3n) is 6.11. The quantitative estimate of drug-likeness (QED) is 0.140. The van der Waals surface area contributed by atoms with E-state index in [1.165, 1.54) is 38.6 Å². The Hall–Kier alpha value is 0.331. The summed E-state index contributed by atoms with van der Waals surface area (Å²) in [5.41, 5.74) is 0. The van der Waals surface area contributed by atoms with Gasteiger partial charge in [0, 0.05) is 61.9 Å². The maximum atomic E-state index is 5.96. The summed E-state index contributed by atoms with van der Waals surface area (Å²) in [6.45, 7) is 10.0. The van der Waals surface area contributed by atoms with E-state index in [0.29, 0.717) is 25.0 Å². The monoisotopic (exact) mass is 540 g/mol. The molecule has 1 unspecified atom stereocenters. The average Bonchev–Trinajstić information content (AvgIpc) is 2.81. The van der Waals surface area contributed by atoms with E-state index in [1.54, 1.807) is 21.3 Å². The van der Waals surface area contributed by atoms with Gasteiger partial charge < -0.3 is 36.8 Å². The zero-order valence-electron chi connectivity index (χ0n) is 23.6. The number of rotatable bonds is 25. The Morgan fingerprint density at radius 1 is 0.765 bits per heavy atom. The molecule has 0 rings (SSSR count). The Morgan fingerprint density at radius 2 is 1.29 bits per heavy atom. The zero-order chi connectivity index (χ0) is 25.7. The third-order valence-corrected chi connectivity index (χ3v) is 16.4. The first-order chi connectivity index (χ1) is 16.4. The minimum atomic E-state index is -2.61. The highest BCUT2D eigenvalue weighted by Gasteiger charge is 2.46. The molecule has 34 heavy (non-hydrogen) atoms. The van der Waals surface area contributed by atoms with Crippen molar-refractivity contribution in [2.45, 2.75) is 76.9 Å². The molecule has 0 fully saturated rings. The fourth-order valence-corrected chi connectivity index (χ4v) is 13.8. The van der Waals surface area contributed by atoms with Crippen LogP contribution < -0.4 is 5.32 Å². The molecule has 0 aromatic heterocycles. The van der Waals surface area contributed by atoms with E-state index in [2.05, 4.69) is 24.3 Å². The summed E-state index contributed by atoms with van der Waals surface area (Å²) in [6, 6.07) is 0.848. The Bertz CT molecular complexity index is 437. The molecule has 0 saturated carbocycles. The summed E-state index contributed by atoms with van der Waals surface area (Å²) < 4.78 is 35.5. The molecule has 1 N–H and O–H groups in total. The summed E-state index contributed by atoms with van der Waals surface area (Å²) in [5, 5.41) is 4.09. The van der Waals surface area contributed by atoms with Crippen molar-refractivity contribution < 1.29 is 26.6 Å². The molecule has 0 spiro atoms. The summed E-state index contributed by atoms with van der Waals surface area (Å²) in [4.78, 5) is 2.26. The summed E-state index contributed by atoms with van der Waals surface area (Å²) in [7, 11) is 3.89. The molecule has 0 aromatic rings. The molecule has 1 atom stereocenters. The van der Waals surface area contributed by atoms with E-state index in [0.717, 1.165) is 31.6 Å². The van der Waals surface area contributed by atoms with Gasteiger partial charge in [0.15, 0.2) is 0 Å². The van der Waals surface area contributed by atoms with Crippen molar-refractivity contribution in [1.82, 2.24) is 10.2 Å². The van der Waals surface area contributed by atoms with Crippen molar-refractivity contribution >= 4 is 27.1 Å². The fourth-order valence-electron chi connectivity index (χ4n) is 4.43. The molecular formula is C23H56N2O6Si3. The first-order valence-electron chi connectivity index (χ1n) is 13.3. The molecule has 0 amide bonds. The Kier molecular flexibility index (Phi) is 21.6. The lowest BCUT2D eigenvalue weighted by atomic mass is 10.1. The van der Waals surface area contributed by atoms with Crippen molar-refractivity contribution in [2.24, 2.45) is 0 Å². The SMILES string of the molecule is CCO[Si](CCCNC[SiH2]C(CCCCCCCN(C)C)[Si](OC)(OC)OC)(OCC)OCC. The van der Waals surface area contributed by atoms with Crippen molar-refractivity contribution in [2.75, 3.05) is 74.5 Å². The lowest BCUT2D eigenvalue weighted by Crippen LogP contribution is -2.51. The normalized spacial score (nSPS) is 14.0. The highest BCUT2D eigenvalue weighted by atomic mass is 28.4. The second kappa shape index (κ2) is 21.4. The van der Waals surface area contributed by atoms with Crippen LogP contribution in [0.5, 0.6) is 0 Å². The van der Waals surface area contributed by atoms with Crippen LogP contribution in [-0.4, -0.2) is 107 Å². The molecule has 8 nitrogen and oxygen atoms in total. The highest BCUT2D eigenvalue weighted by molar-refractivity contribution is 6.73. The minimum Gasteiger partial charge on any atom is -0.377 e. The van der Waals surface area contributed by atoms with Gasteiger partial charge in [-0.05, 0) is 73.4 Å². The van der Waals surface area contributed by atoms with Gasteiger partial charge in [-0.2, -0.15) is 0 Å². The standard InChI is InChI=1S/C23H56N2O6Si3/c1-9-29-33(30-10-2,31-11-3)21-17-19-24-22-32-23(34(26-6,27-7)28-8)18-15-13-12-14-16-20-25(4)5/h23-24H,9-22,32H2,1-8H3. The third kappa shape index (κ3) is 14.2. The smallest absolute Gasteiger partial charge is 0.377 e. The van der Waals surface area contributed by atoms with E-state index >= 15 is 0 Å². The zero-order valence-corrected chi connectivity index (χ0v) is 27.0. The molecule has 206 valence electrons. The molecule has 0 heterocycles. The topological polar surface area (TPSA) is 70.7 Å². The average molecular weight is 541 g/mol. The second-order valence-corrected chi connectivity index (χ2v) is 17.8.